The summed E-state index contributed by atoms with van der Waals surface area (Å²) in [6, 6.07) is 14.3. The topological polar surface area (TPSA) is 69.8 Å². The highest BCUT2D eigenvalue weighted by Crippen LogP contribution is 2.20. The predicted octanol–water partition coefficient (Wildman–Crippen LogP) is 2.99. The van der Waals surface area contributed by atoms with Crippen LogP contribution in [0.25, 0.3) is 0 Å². The third kappa shape index (κ3) is 5.79. The van der Waals surface area contributed by atoms with E-state index >= 15 is 0 Å². The Labute approximate surface area is 157 Å². The molecule has 2 aliphatic rings. The molecule has 2 unspecified atom stereocenters. The first kappa shape index (κ1) is 18.0. The molecule has 2 aliphatic heterocycles. The minimum absolute atomic E-state index is 0.253. The smallest absolute Gasteiger partial charge is 0.343 e. The third-order valence-corrected chi connectivity index (χ3v) is 4.31. The molecule has 2 heterocycles. The van der Waals surface area contributed by atoms with Crippen molar-refractivity contribution in [3.63, 3.8) is 0 Å². The number of hydrogen-bond donors (Lipinski definition) is 0. The maximum absolute atomic E-state index is 12.3. The van der Waals surface area contributed by atoms with Crippen LogP contribution >= 0.6 is 0 Å². The Balaban J connectivity index is 1.23. The van der Waals surface area contributed by atoms with E-state index in [0.29, 0.717) is 37.2 Å². The monoisotopic (exact) mass is 370 g/mol. The summed E-state index contributed by atoms with van der Waals surface area (Å²) in [6.07, 6.45) is 1.50. The van der Waals surface area contributed by atoms with E-state index in [4.69, 9.17) is 23.7 Å². The number of hydrogen-bond acceptors (Lipinski definition) is 6. The number of esters is 1. The van der Waals surface area contributed by atoms with Gasteiger partial charge in [-0.15, -0.1) is 0 Å². The van der Waals surface area contributed by atoms with E-state index in [2.05, 4.69) is 0 Å². The Kier molecular flexibility index (Phi) is 5.67. The maximum Gasteiger partial charge on any atom is 0.343 e. The highest BCUT2D eigenvalue weighted by atomic mass is 16.6. The summed E-state index contributed by atoms with van der Waals surface area (Å²) in [4.78, 5) is 12.3. The zero-order valence-electron chi connectivity index (χ0n) is 15.0. The molecule has 4 rings (SSSR count). The van der Waals surface area contributed by atoms with Crippen LogP contribution < -0.4 is 9.47 Å². The summed E-state index contributed by atoms with van der Waals surface area (Å²) in [5, 5.41) is 0. The van der Waals surface area contributed by atoms with E-state index in [1.54, 1.807) is 36.4 Å². The van der Waals surface area contributed by atoms with Gasteiger partial charge in [0.15, 0.2) is 0 Å². The van der Waals surface area contributed by atoms with Gasteiger partial charge < -0.3 is 23.7 Å². The number of carbonyl (C=O) groups is 1. The van der Waals surface area contributed by atoms with Gasteiger partial charge in [-0.2, -0.15) is 0 Å². The van der Waals surface area contributed by atoms with Crippen LogP contribution in [0.15, 0.2) is 48.5 Å². The van der Waals surface area contributed by atoms with Gasteiger partial charge in [0.25, 0.3) is 0 Å². The highest BCUT2D eigenvalue weighted by Gasteiger charge is 2.22. The normalized spacial score (nSPS) is 20.1. The van der Waals surface area contributed by atoms with Gasteiger partial charge in [0.1, 0.15) is 17.6 Å². The summed E-state index contributed by atoms with van der Waals surface area (Å²) in [6.45, 7) is 3.35. The number of epoxide rings is 2. The van der Waals surface area contributed by atoms with Crippen molar-refractivity contribution in [2.45, 2.75) is 25.2 Å². The number of benzene rings is 2. The molecule has 2 aromatic rings. The molecular formula is C21H22O6. The molecule has 0 amide bonds. The van der Waals surface area contributed by atoms with Crippen molar-refractivity contribution in [2.24, 2.45) is 0 Å². The number of ether oxygens (including phenoxy) is 5. The van der Waals surface area contributed by atoms with Gasteiger partial charge in [-0.05, 0) is 42.0 Å². The fourth-order valence-electron chi connectivity index (χ4n) is 2.52. The second-order valence-corrected chi connectivity index (χ2v) is 6.62. The van der Waals surface area contributed by atoms with Crippen LogP contribution in [0.2, 0.25) is 0 Å². The van der Waals surface area contributed by atoms with Gasteiger partial charge in [0, 0.05) is 6.42 Å². The summed E-state index contributed by atoms with van der Waals surface area (Å²) in [5.74, 6) is 0.833. The average Bonchev–Trinajstić information content (AvgIpc) is 3.59. The zero-order chi connectivity index (χ0) is 18.5. The highest BCUT2D eigenvalue weighted by molar-refractivity contribution is 5.91. The molecule has 27 heavy (non-hydrogen) atoms. The molecule has 6 heteroatoms. The molecule has 0 spiro atoms. The fourth-order valence-corrected chi connectivity index (χ4v) is 2.52. The van der Waals surface area contributed by atoms with E-state index in [0.717, 1.165) is 30.9 Å². The fraction of sp³-hybridized carbons (Fsp3) is 0.381. The molecule has 2 aromatic carbocycles. The average molecular weight is 370 g/mol. The molecular weight excluding hydrogens is 348 g/mol. The van der Waals surface area contributed by atoms with Gasteiger partial charge in [0.05, 0.1) is 44.7 Å². The SMILES string of the molecule is O=C(Oc1ccc(OCCC2CO2)cc1)c1ccc(COCC2CO2)cc1. The van der Waals surface area contributed by atoms with Crippen molar-refractivity contribution in [3.05, 3.63) is 59.7 Å². The molecule has 0 aliphatic carbocycles. The predicted molar refractivity (Wildman–Crippen MR) is 97.1 cm³/mol. The Hall–Kier alpha value is -2.41. The molecule has 2 fully saturated rings. The third-order valence-electron chi connectivity index (χ3n) is 4.31. The van der Waals surface area contributed by atoms with Crippen LogP contribution in [0.3, 0.4) is 0 Å². The molecule has 6 nitrogen and oxygen atoms in total. The van der Waals surface area contributed by atoms with E-state index < -0.39 is 5.97 Å². The van der Waals surface area contributed by atoms with Gasteiger partial charge in [-0.3, -0.25) is 0 Å². The number of rotatable bonds is 10. The first-order valence-electron chi connectivity index (χ1n) is 9.11. The van der Waals surface area contributed by atoms with E-state index in [1.807, 2.05) is 12.1 Å². The molecule has 0 aromatic heterocycles. The maximum atomic E-state index is 12.3. The van der Waals surface area contributed by atoms with Crippen LogP contribution in [0.1, 0.15) is 22.3 Å². The summed E-state index contributed by atoms with van der Waals surface area (Å²) in [5.41, 5.74) is 1.50. The van der Waals surface area contributed by atoms with Crippen LogP contribution in [0, 0.1) is 0 Å². The van der Waals surface area contributed by atoms with Gasteiger partial charge >= 0.3 is 5.97 Å². The summed E-state index contributed by atoms with van der Waals surface area (Å²) >= 11 is 0. The van der Waals surface area contributed by atoms with Gasteiger partial charge in [0.2, 0.25) is 0 Å². The zero-order valence-corrected chi connectivity index (χ0v) is 15.0. The Morgan fingerprint density at radius 1 is 0.926 bits per heavy atom. The van der Waals surface area contributed by atoms with Crippen LogP contribution in [-0.2, 0) is 20.8 Å². The van der Waals surface area contributed by atoms with E-state index in [-0.39, 0.29) is 6.10 Å². The van der Waals surface area contributed by atoms with Crippen molar-refractivity contribution < 1.29 is 28.5 Å². The molecule has 2 atom stereocenters. The van der Waals surface area contributed by atoms with Crippen molar-refractivity contribution in [2.75, 3.05) is 26.4 Å². The second-order valence-electron chi connectivity index (χ2n) is 6.62. The van der Waals surface area contributed by atoms with E-state index in [1.165, 1.54) is 0 Å². The molecule has 142 valence electrons. The minimum Gasteiger partial charge on any atom is -0.493 e. The lowest BCUT2D eigenvalue weighted by atomic mass is 10.1. The molecule has 0 bridgehead atoms. The largest absolute Gasteiger partial charge is 0.493 e. The van der Waals surface area contributed by atoms with Crippen LogP contribution in [0.5, 0.6) is 11.5 Å². The molecule has 0 saturated carbocycles. The first-order valence-corrected chi connectivity index (χ1v) is 9.11. The summed E-state index contributed by atoms with van der Waals surface area (Å²) in [7, 11) is 0. The molecule has 2 saturated heterocycles. The van der Waals surface area contributed by atoms with Crippen molar-refractivity contribution >= 4 is 5.97 Å². The van der Waals surface area contributed by atoms with Crippen molar-refractivity contribution in [3.8, 4) is 11.5 Å². The van der Waals surface area contributed by atoms with Crippen molar-refractivity contribution in [1.82, 2.24) is 0 Å². The lowest BCUT2D eigenvalue weighted by Gasteiger charge is -2.08. The Morgan fingerprint density at radius 2 is 1.59 bits per heavy atom. The Bertz CT molecular complexity index is 747. The standard InChI is InChI=1S/C21H22O6/c22-21(16-3-1-15(2-4-16)11-23-12-20-14-26-20)27-18-7-5-17(6-8-18)24-10-9-19-13-25-19/h1-8,19-20H,9-14H2. The number of carbonyl (C=O) groups excluding carboxylic acids is 1. The lowest BCUT2D eigenvalue weighted by Crippen LogP contribution is -2.09. The van der Waals surface area contributed by atoms with E-state index in [9.17, 15) is 4.79 Å². The van der Waals surface area contributed by atoms with Crippen LogP contribution in [-0.4, -0.2) is 44.6 Å². The Morgan fingerprint density at radius 3 is 2.26 bits per heavy atom. The van der Waals surface area contributed by atoms with Crippen LogP contribution in [0.4, 0.5) is 0 Å². The minimum atomic E-state index is -0.395. The quantitative estimate of drug-likeness (QED) is 0.364. The van der Waals surface area contributed by atoms with Gasteiger partial charge in [-0.1, -0.05) is 12.1 Å². The molecule has 0 radical (unpaired) electrons. The first-order chi connectivity index (χ1) is 13.3. The van der Waals surface area contributed by atoms with Gasteiger partial charge in [-0.25, -0.2) is 4.79 Å². The van der Waals surface area contributed by atoms with Crippen molar-refractivity contribution in [1.29, 1.82) is 0 Å². The summed E-state index contributed by atoms with van der Waals surface area (Å²) < 4.78 is 26.8. The second kappa shape index (κ2) is 8.52. The lowest BCUT2D eigenvalue weighted by molar-refractivity contribution is 0.0734. The molecule has 0 N–H and O–H groups in total.